The number of aromatic nitrogens is 3. The topological polar surface area (TPSA) is 125 Å². The molecule has 2 aromatic rings. The summed E-state index contributed by atoms with van der Waals surface area (Å²) in [6.45, 7) is 1.31. The Hall–Kier alpha value is -2.73. The van der Waals surface area contributed by atoms with Gasteiger partial charge in [-0.25, -0.2) is 14.8 Å². The number of nitrogens with zero attached hydrogens (tertiary/aromatic N) is 3. The minimum absolute atomic E-state index is 0.0106. The minimum atomic E-state index is -5.08. The molecule has 1 aliphatic heterocycles. The molecule has 0 spiro atoms. The van der Waals surface area contributed by atoms with Crippen LogP contribution in [0, 0.1) is 5.95 Å². The highest BCUT2D eigenvalue weighted by molar-refractivity contribution is 6.32. The van der Waals surface area contributed by atoms with E-state index in [4.69, 9.17) is 27.2 Å². The largest absolute Gasteiger partial charge is 0.490 e. The molecule has 8 nitrogen and oxygen atoms in total. The second-order valence-electron chi connectivity index (χ2n) is 6.42. The van der Waals surface area contributed by atoms with Crippen molar-refractivity contribution < 1.29 is 27.5 Å². The Kier molecular flexibility index (Phi) is 7.73. The lowest BCUT2D eigenvalue weighted by Crippen LogP contribution is -2.37. The molecule has 1 fully saturated rings. The van der Waals surface area contributed by atoms with Crippen LogP contribution in [0.15, 0.2) is 23.1 Å². The number of carboxylic acid groups (broad SMARTS) is 1. The Bertz CT molecular complexity index is 954. The summed E-state index contributed by atoms with van der Waals surface area (Å²) in [4.78, 5) is 33.5. The fraction of sp³-hybridized carbons (Fsp3) is 0.412. The van der Waals surface area contributed by atoms with Gasteiger partial charge in [0.2, 0.25) is 5.95 Å². The van der Waals surface area contributed by atoms with Crippen LogP contribution in [0.3, 0.4) is 0 Å². The number of aliphatic carboxylic acids is 1. The van der Waals surface area contributed by atoms with Gasteiger partial charge in [0.25, 0.3) is 5.56 Å². The van der Waals surface area contributed by atoms with Crippen LogP contribution in [-0.2, 0) is 4.79 Å². The van der Waals surface area contributed by atoms with Crippen LogP contribution in [0.2, 0.25) is 5.02 Å². The van der Waals surface area contributed by atoms with Gasteiger partial charge in [-0.15, -0.1) is 0 Å². The molecule has 0 unspecified atom stereocenters. The number of aromatic amines is 1. The van der Waals surface area contributed by atoms with Crippen molar-refractivity contribution in [3.8, 4) is 11.4 Å². The number of halogens is 5. The third kappa shape index (κ3) is 6.39. The number of nitrogens with two attached hydrogens (primary N) is 1. The fourth-order valence-electron chi connectivity index (χ4n) is 2.71. The zero-order chi connectivity index (χ0) is 22.5. The van der Waals surface area contributed by atoms with E-state index in [-0.39, 0.29) is 16.9 Å². The summed E-state index contributed by atoms with van der Waals surface area (Å²) in [7, 11) is 0. The highest BCUT2D eigenvalue weighted by atomic mass is 35.5. The van der Waals surface area contributed by atoms with Gasteiger partial charge in [-0.05, 0) is 18.9 Å². The van der Waals surface area contributed by atoms with Gasteiger partial charge in [0, 0.05) is 37.0 Å². The Morgan fingerprint density at radius 2 is 2.03 bits per heavy atom. The molecule has 0 radical (unpaired) electrons. The SMILES string of the molecule is N[C@@H]1CCCCN(c2nc(-c3ccnc(F)c3)[nH]c(=O)c2Cl)C1.O=C(O)C(F)(F)F. The van der Waals surface area contributed by atoms with E-state index in [9.17, 15) is 22.4 Å². The maximum Gasteiger partial charge on any atom is 0.490 e. The number of carboxylic acids is 1. The Morgan fingerprint density at radius 3 is 2.63 bits per heavy atom. The number of H-pyrrole nitrogens is 1. The number of nitrogens with one attached hydrogen (secondary N) is 1. The molecule has 1 atom stereocenters. The second kappa shape index (κ2) is 9.85. The number of hydrogen-bond acceptors (Lipinski definition) is 6. The smallest absolute Gasteiger partial charge is 0.475 e. The van der Waals surface area contributed by atoms with Gasteiger partial charge in [0.05, 0.1) is 0 Å². The van der Waals surface area contributed by atoms with Crippen LogP contribution in [0.5, 0.6) is 0 Å². The molecule has 1 aliphatic rings. The van der Waals surface area contributed by atoms with Crippen molar-refractivity contribution >= 4 is 23.4 Å². The zero-order valence-electron chi connectivity index (χ0n) is 15.4. The fourth-order valence-corrected chi connectivity index (χ4v) is 2.92. The third-order valence-electron chi connectivity index (χ3n) is 4.10. The van der Waals surface area contributed by atoms with Gasteiger partial charge < -0.3 is 20.7 Å². The van der Waals surface area contributed by atoms with E-state index in [1.165, 1.54) is 12.3 Å². The van der Waals surface area contributed by atoms with Crippen molar-refractivity contribution in [2.45, 2.75) is 31.5 Å². The predicted molar refractivity (Wildman–Crippen MR) is 101 cm³/mol. The van der Waals surface area contributed by atoms with Crippen molar-refractivity contribution in [1.82, 2.24) is 15.0 Å². The Morgan fingerprint density at radius 1 is 1.37 bits per heavy atom. The maximum atomic E-state index is 13.3. The lowest BCUT2D eigenvalue weighted by atomic mass is 10.2. The van der Waals surface area contributed by atoms with Crippen LogP contribution in [-0.4, -0.2) is 51.3 Å². The normalized spacial score (nSPS) is 17.0. The van der Waals surface area contributed by atoms with Crippen LogP contribution in [0.4, 0.5) is 23.4 Å². The number of anilines is 1. The average molecular weight is 452 g/mol. The summed E-state index contributed by atoms with van der Waals surface area (Å²) in [5.41, 5.74) is 6.04. The summed E-state index contributed by atoms with van der Waals surface area (Å²) < 4.78 is 45.0. The van der Waals surface area contributed by atoms with E-state index in [0.29, 0.717) is 17.9 Å². The summed E-state index contributed by atoms with van der Waals surface area (Å²) >= 11 is 6.14. The molecule has 13 heteroatoms. The molecule has 0 amide bonds. The van der Waals surface area contributed by atoms with E-state index in [2.05, 4.69) is 15.0 Å². The summed E-state index contributed by atoms with van der Waals surface area (Å²) in [6.07, 6.45) is -0.848. The van der Waals surface area contributed by atoms with Crippen LogP contribution in [0.1, 0.15) is 19.3 Å². The minimum Gasteiger partial charge on any atom is -0.475 e. The average Bonchev–Trinajstić information content (AvgIpc) is 2.88. The van der Waals surface area contributed by atoms with Crippen molar-refractivity contribution in [3.05, 3.63) is 39.7 Å². The van der Waals surface area contributed by atoms with E-state index in [0.717, 1.165) is 25.8 Å². The quantitative estimate of drug-likeness (QED) is 0.473. The van der Waals surface area contributed by atoms with Gasteiger partial charge in [0.15, 0.2) is 5.82 Å². The number of alkyl halides is 3. The van der Waals surface area contributed by atoms with Crippen molar-refractivity contribution in [2.24, 2.45) is 5.73 Å². The van der Waals surface area contributed by atoms with Gasteiger partial charge in [-0.1, -0.05) is 18.0 Å². The first-order valence-electron chi connectivity index (χ1n) is 8.71. The van der Waals surface area contributed by atoms with Gasteiger partial charge in [0.1, 0.15) is 10.8 Å². The summed E-state index contributed by atoms with van der Waals surface area (Å²) in [5, 5.41) is 7.15. The van der Waals surface area contributed by atoms with Crippen LogP contribution in [0.25, 0.3) is 11.4 Å². The van der Waals surface area contributed by atoms with E-state index in [1.54, 1.807) is 6.07 Å². The second-order valence-corrected chi connectivity index (χ2v) is 6.80. The summed E-state index contributed by atoms with van der Waals surface area (Å²) in [6, 6.07) is 2.80. The number of carbonyl (C=O) groups is 1. The molecule has 30 heavy (non-hydrogen) atoms. The molecule has 0 saturated carbocycles. The lowest BCUT2D eigenvalue weighted by molar-refractivity contribution is -0.192. The highest BCUT2D eigenvalue weighted by Gasteiger charge is 2.38. The maximum absolute atomic E-state index is 13.3. The van der Waals surface area contributed by atoms with Gasteiger partial charge >= 0.3 is 12.1 Å². The summed E-state index contributed by atoms with van der Waals surface area (Å²) in [5.74, 6) is -2.75. The zero-order valence-corrected chi connectivity index (χ0v) is 16.2. The van der Waals surface area contributed by atoms with Gasteiger partial charge in [-0.2, -0.15) is 17.6 Å². The molecule has 1 saturated heterocycles. The lowest BCUT2D eigenvalue weighted by Gasteiger charge is -2.24. The Balaban J connectivity index is 0.000000396. The molecule has 3 rings (SSSR count). The van der Waals surface area contributed by atoms with Crippen LogP contribution >= 0.6 is 11.6 Å². The first kappa shape index (κ1) is 23.5. The standard InChI is InChI=1S/C15H17ClFN5O.C2HF3O2/c16-12-14(22-6-2-1-3-10(18)8-22)20-13(21-15(12)23)9-4-5-19-11(17)7-9;3-2(4,5)1(6)7/h4-5,7,10H,1-3,6,8,18H2,(H,20,21,23);(H,6,7)/t10-;/m1./s1. The first-order valence-corrected chi connectivity index (χ1v) is 9.09. The monoisotopic (exact) mass is 451 g/mol. The predicted octanol–water partition coefficient (Wildman–Crippen LogP) is 2.58. The molecule has 0 bridgehead atoms. The molecular formula is C17H18ClF4N5O3. The molecular weight excluding hydrogens is 434 g/mol. The third-order valence-corrected chi connectivity index (χ3v) is 4.44. The number of rotatable bonds is 2. The highest BCUT2D eigenvalue weighted by Crippen LogP contribution is 2.25. The molecule has 164 valence electrons. The van der Waals surface area contributed by atoms with E-state index >= 15 is 0 Å². The number of pyridine rings is 1. The Labute approximate surface area is 172 Å². The van der Waals surface area contributed by atoms with E-state index < -0.39 is 23.7 Å². The van der Waals surface area contributed by atoms with Crippen molar-refractivity contribution in [1.29, 1.82) is 0 Å². The molecule has 4 N–H and O–H groups in total. The van der Waals surface area contributed by atoms with E-state index in [1.807, 2.05) is 4.90 Å². The first-order chi connectivity index (χ1) is 14.0. The van der Waals surface area contributed by atoms with Crippen molar-refractivity contribution in [3.63, 3.8) is 0 Å². The van der Waals surface area contributed by atoms with Crippen molar-refractivity contribution in [2.75, 3.05) is 18.0 Å². The number of hydrogen-bond donors (Lipinski definition) is 3. The molecule has 2 aromatic heterocycles. The molecule has 0 aliphatic carbocycles. The van der Waals surface area contributed by atoms with Gasteiger partial charge in [-0.3, -0.25) is 4.79 Å². The molecule has 3 heterocycles. The van der Waals surface area contributed by atoms with Crippen LogP contribution < -0.4 is 16.2 Å². The molecule has 0 aromatic carbocycles.